The van der Waals surface area contributed by atoms with Gasteiger partial charge in [-0.3, -0.25) is 0 Å². The van der Waals surface area contributed by atoms with Gasteiger partial charge in [0.15, 0.2) is 0 Å². The summed E-state index contributed by atoms with van der Waals surface area (Å²) in [5.74, 6) is 0.0490. The molecule has 2 aromatic carbocycles. The molecule has 0 saturated carbocycles. The van der Waals surface area contributed by atoms with Crippen LogP contribution in [0.3, 0.4) is 0 Å². The topological polar surface area (TPSA) is 23.5 Å². The molecule has 2 aromatic rings. The van der Waals surface area contributed by atoms with Gasteiger partial charge in [0.05, 0.1) is 0 Å². The Hall–Kier alpha value is -1.90. The van der Waals surface area contributed by atoms with Crippen LogP contribution in [0.25, 0.3) is 6.08 Å². The van der Waals surface area contributed by atoms with Crippen molar-refractivity contribution >= 4 is 6.08 Å². The molecule has 0 fully saturated rings. The Balaban J connectivity index is 2.51. The van der Waals surface area contributed by atoms with Gasteiger partial charge in [0, 0.05) is 12.5 Å². The quantitative estimate of drug-likeness (QED) is 0.733. The normalized spacial score (nSPS) is 16.3. The van der Waals surface area contributed by atoms with Gasteiger partial charge in [0.1, 0.15) is 5.60 Å². The fourth-order valence-electron chi connectivity index (χ4n) is 3.71. The highest BCUT2D eigenvalue weighted by atomic mass is 16.3. The molecule has 0 aliphatic carbocycles. The van der Waals surface area contributed by atoms with Crippen molar-refractivity contribution in [3.05, 3.63) is 76.9 Å². The van der Waals surface area contributed by atoms with E-state index in [1.54, 1.807) is 0 Å². The molecule has 2 atom stereocenters. The van der Waals surface area contributed by atoms with Crippen molar-refractivity contribution in [3.63, 3.8) is 0 Å². The predicted molar refractivity (Wildman–Crippen MR) is 117 cm³/mol. The van der Waals surface area contributed by atoms with Crippen LogP contribution >= 0.6 is 0 Å². The second-order valence-corrected chi connectivity index (χ2v) is 9.00. The maximum atomic E-state index is 11.9. The first-order valence-electron chi connectivity index (χ1n) is 9.77. The minimum absolute atomic E-state index is 0.0490. The Morgan fingerprint density at radius 2 is 1.48 bits per heavy atom. The van der Waals surface area contributed by atoms with Crippen molar-refractivity contribution in [3.8, 4) is 0 Å². The molecule has 2 rings (SSSR count). The van der Waals surface area contributed by atoms with Crippen molar-refractivity contribution in [1.29, 1.82) is 0 Å². The van der Waals surface area contributed by atoms with Gasteiger partial charge in [0.2, 0.25) is 0 Å². The van der Waals surface area contributed by atoms with Crippen molar-refractivity contribution in [2.24, 2.45) is 5.92 Å². The number of rotatable bonds is 6. The molecule has 1 N–H and O–H groups in total. The summed E-state index contributed by atoms with van der Waals surface area (Å²) >= 11 is 0. The van der Waals surface area contributed by atoms with Crippen LogP contribution < -0.4 is 0 Å². The number of benzene rings is 2. The van der Waals surface area contributed by atoms with E-state index in [-0.39, 0.29) is 11.3 Å². The monoisotopic (exact) mass is 365 g/mol. The van der Waals surface area contributed by atoms with Crippen LogP contribution in [0.1, 0.15) is 51.3 Å². The van der Waals surface area contributed by atoms with Crippen LogP contribution in [0.4, 0.5) is 0 Å². The summed E-state index contributed by atoms with van der Waals surface area (Å²) in [6, 6.07) is 18.7. The fraction of sp³-hybridized carbons (Fsp3) is 0.440. The van der Waals surface area contributed by atoms with E-state index in [1.807, 2.05) is 25.1 Å². The minimum Gasteiger partial charge on any atom is -0.380 e. The lowest BCUT2D eigenvalue weighted by molar-refractivity contribution is 0.0105. The van der Waals surface area contributed by atoms with Gasteiger partial charge in [-0.15, -0.1) is 0 Å². The predicted octanol–water partition coefficient (Wildman–Crippen LogP) is 5.47. The number of hydrogen-bond acceptors (Lipinski definition) is 2. The lowest BCUT2D eigenvalue weighted by atomic mass is 9.75. The Bertz CT molecular complexity index is 753. The molecule has 2 nitrogen and oxygen atoms in total. The zero-order valence-electron chi connectivity index (χ0n) is 18.0. The number of hydrogen-bond donors (Lipinski definition) is 1. The molecule has 27 heavy (non-hydrogen) atoms. The van der Waals surface area contributed by atoms with Crippen molar-refractivity contribution in [2.45, 2.75) is 45.6 Å². The van der Waals surface area contributed by atoms with E-state index in [0.29, 0.717) is 0 Å². The number of nitrogens with zero attached hydrogens (tertiary/aromatic N) is 1. The summed E-state index contributed by atoms with van der Waals surface area (Å²) in [5, 5.41) is 11.9. The molecular weight excluding hydrogens is 330 g/mol. The SMILES string of the molecule is CC(=Cc1ccccc1)C(O)(c1ccc(C(C)(C)C)cc1)C(C)CN(C)C. The third-order valence-electron chi connectivity index (χ3n) is 5.33. The molecule has 146 valence electrons. The summed E-state index contributed by atoms with van der Waals surface area (Å²) < 4.78 is 0. The molecule has 2 unspecified atom stereocenters. The lowest BCUT2D eigenvalue weighted by Crippen LogP contribution is -2.40. The van der Waals surface area contributed by atoms with Gasteiger partial charge in [0.25, 0.3) is 0 Å². The Labute approximate surface area is 165 Å². The second-order valence-electron chi connectivity index (χ2n) is 9.00. The first-order valence-corrected chi connectivity index (χ1v) is 9.77. The van der Waals surface area contributed by atoms with Gasteiger partial charge in [-0.1, -0.05) is 88.4 Å². The molecule has 0 aromatic heterocycles. The Morgan fingerprint density at radius 3 is 1.96 bits per heavy atom. The van der Waals surface area contributed by atoms with Crippen LogP contribution in [0.5, 0.6) is 0 Å². The Kier molecular flexibility index (Phi) is 6.67. The van der Waals surface area contributed by atoms with E-state index < -0.39 is 5.60 Å². The molecule has 2 heteroatoms. The lowest BCUT2D eigenvalue weighted by Gasteiger charge is -2.38. The summed E-state index contributed by atoms with van der Waals surface area (Å²) in [6.07, 6.45) is 2.10. The minimum atomic E-state index is -1.02. The highest BCUT2D eigenvalue weighted by Crippen LogP contribution is 2.39. The zero-order chi connectivity index (χ0) is 20.2. The van der Waals surface area contributed by atoms with E-state index in [1.165, 1.54) is 5.56 Å². The second kappa shape index (κ2) is 8.41. The third kappa shape index (κ3) is 5.09. The van der Waals surface area contributed by atoms with Crippen LogP contribution in [0.15, 0.2) is 60.2 Å². The van der Waals surface area contributed by atoms with E-state index in [4.69, 9.17) is 0 Å². The van der Waals surface area contributed by atoms with Crippen molar-refractivity contribution in [1.82, 2.24) is 4.90 Å². The Morgan fingerprint density at radius 1 is 0.963 bits per heavy atom. The standard InChI is InChI=1S/C25H35NO/c1-19(17-21-11-9-8-10-12-21)25(27,20(2)18-26(6)7)23-15-13-22(14-16-23)24(3,4)5/h8-17,20,27H,18H2,1-7H3. The van der Waals surface area contributed by atoms with Crippen LogP contribution in [0, 0.1) is 5.92 Å². The van der Waals surface area contributed by atoms with Crippen molar-refractivity contribution in [2.75, 3.05) is 20.6 Å². The maximum absolute atomic E-state index is 11.9. The molecule has 0 aliphatic heterocycles. The fourth-order valence-corrected chi connectivity index (χ4v) is 3.71. The highest BCUT2D eigenvalue weighted by Gasteiger charge is 2.37. The van der Waals surface area contributed by atoms with E-state index in [2.05, 4.69) is 89.2 Å². The molecule has 0 amide bonds. The molecule has 0 bridgehead atoms. The summed E-state index contributed by atoms with van der Waals surface area (Å²) in [5.41, 5.74) is 3.38. The molecule has 0 aliphatic rings. The largest absolute Gasteiger partial charge is 0.380 e. The zero-order valence-corrected chi connectivity index (χ0v) is 18.0. The summed E-state index contributed by atoms with van der Waals surface area (Å²) in [6.45, 7) is 11.6. The maximum Gasteiger partial charge on any atom is 0.114 e. The molecule has 0 radical (unpaired) electrons. The van der Waals surface area contributed by atoms with Crippen LogP contribution in [-0.2, 0) is 11.0 Å². The molecule has 0 heterocycles. The van der Waals surface area contributed by atoms with Crippen molar-refractivity contribution < 1.29 is 5.11 Å². The summed E-state index contributed by atoms with van der Waals surface area (Å²) in [7, 11) is 4.10. The van der Waals surface area contributed by atoms with Crippen LogP contribution in [0.2, 0.25) is 0 Å². The van der Waals surface area contributed by atoms with Gasteiger partial charge in [-0.2, -0.15) is 0 Å². The molecule has 0 spiro atoms. The van der Waals surface area contributed by atoms with Gasteiger partial charge < -0.3 is 10.0 Å². The van der Waals surface area contributed by atoms with E-state index in [9.17, 15) is 5.11 Å². The third-order valence-corrected chi connectivity index (χ3v) is 5.33. The molecule has 0 saturated heterocycles. The van der Waals surface area contributed by atoms with Gasteiger partial charge in [-0.25, -0.2) is 0 Å². The highest BCUT2D eigenvalue weighted by molar-refractivity contribution is 5.56. The number of aliphatic hydroxyl groups is 1. The smallest absolute Gasteiger partial charge is 0.114 e. The first-order chi connectivity index (χ1) is 12.5. The molecular formula is C25H35NO. The first kappa shape index (κ1) is 21.4. The average molecular weight is 366 g/mol. The van der Waals surface area contributed by atoms with E-state index in [0.717, 1.165) is 23.2 Å². The van der Waals surface area contributed by atoms with E-state index >= 15 is 0 Å². The summed E-state index contributed by atoms with van der Waals surface area (Å²) in [4.78, 5) is 2.13. The van der Waals surface area contributed by atoms with Gasteiger partial charge in [-0.05, 0) is 48.7 Å². The average Bonchev–Trinajstić information content (AvgIpc) is 2.60. The van der Waals surface area contributed by atoms with Gasteiger partial charge >= 0.3 is 0 Å². The van der Waals surface area contributed by atoms with Crippen LogP contribution in [-0.4, -0.2) is 30.6 Å².